The highest BCUT2D eigenvalue weighted by atomic mass is 16.6. The molecule has 2 aromatic heterocycles. The van der Waals surface area contributed by atoms with Gasteiger partial charge in [0, 0.05) is 12.1 Å². The molecule has 1 aliphatic rings. The Bertz CT molecular complexity index is 3050. The standard InChI is InChI=1S/C27H19N3O7.C21H15N3O5/c28-13-16-9-10-20(19(11-16)27(32)33)29-26(31)21-12-25(37-30-21)18-5-1-2-6-22(18)34-14-17-15-35-23-7-3-4-8-24(23)36-17;1-2-9-28-18-6-4-3-5-14(18)19-11-17(24-29-19)20(25)23-16-8-7-13(12-22)10-15(16)21(26)27/h1-12,17H,14-15H2,(H,29,31)(H,32,33);2-8,10-11H,1,9H2,(H,23,25)(H,26,27). The summed E-state index contributed by atoms with van der Waals surface area (Å²) in [6.45, 7) is 4.45. The molecular weight excluding hydrogens is 853 g/mol. The monoisotopic (exact) mass is 886 g/mol. The van der Waals surface area contributed by atoms with Crippen molar-refractivity contribution in [3.05, 3.63) is 168 Å². The van der Waals surface area contributed by atoms with Crippen LogP contribution in [0.25, 0.3) is 22.6 Å². The van der Waals surface area contributed by atoms with Crippen molar-refractivity contribution in [1.82, 2.24) is 10.3 Å². The van der Waals surface area contributed by atoms with Gasteiger partial charge in [-0.1, -0.05) is 59.4 Å². The number of nitrogens with zero attached hydrogens (tertiary/aromatic N) is 4. The Morgan fingerprint density at radius 2 is 1.17 bits per heavy atom. The molecule has 18 nitrogen and oxygen atoms in total. The number of anilines is 2. The summed E-state index contributed by atoms with van der Waals surface area (Å²) >= 11 is 0. The predicted octanol–water partition coefficient (Wildman–Crippen LogP) is 8.11. The number of rotatable bonds is 14. The third kappa shape index (κ3) is 10.5. The largest absolute Gasteiger partial charge is 0.489 e. The molecule has 1 atom stereocenters. The topological polar surface area (TPSA) is 269 Å². The van der Waals surface area contributed by atoms with E-state index in [1.807, 2.05) is 36.4 Å². The lowest BCUT2D eigenvalue weighted by molar-refractivity contribution is 0.0537. The maximum Gasteiger partial charge on any atom is 0.337 e. The molecule has 0 saturated carbocycles. The van der Waals surface area contributed by atoms with Gasteiger partial charge in [0.2, 0.25) is 0 Å². The van der Waals surface area contributed by atoms with Crippen molar-refractivity contribution in [2.24, 2.45) is 0 Å². The fourth-order valence-corrected chi connectivity index (χ4v) is 6.26. The summed E-state index contributed by atoms with van der Waals surface area (Å²) in [6.07, 6.45) is 1.28. The van der Waals surface area contributed by atoms with Gasteiger partial charge >= 0.3 is 11.9 Å². The molecule has 18 heteroatoms. The van der Waals surface area contributed by atoms with E-state index in [1.165, 1.54) is 48.5 Å². The second-order valence-electron chi connectivity index (χ2n) is 13.8. The summed E-state index contributed by atoms with van der Waals surface area (Å²) in [5.41, 5.74) is 1.04. The molecule has 0 spiro atoms. The molecule has 66 heavy (non-hydrogen) atoms. The summed E-state index contributed by atoms with van der Waals surface area (Å²) in [5.74, 6) is -0.925. The molecule has 7 aromatic rings. The number of amides is 2. The zero-order chi connectivity index (χ0) is 46.6. The number of hydrogen-bond acceptors (Lipinski definition) is 14. The molecule has 8 rings (SSSR count). The first-order chi connectivity index (χ1) is 32.0. The molecule has 1 aliphatic heterocycles. The lowest BCUT2D eigenvalue weighted by Gasteiger charge is -2.26. The van der Waals surface area contributed by atoms with E-state index >= 15 is 0 Å². The number of para-hydroxylation sites is 4. The molecule has 0 aliphatic carbocycles. The molecule has 1 unspecified atom stereocenters. The Morgan fingerprint density at radius 3 is 1.67 bits per heavy atom. The van der Waals surface area contributed by atoms with E-state index in [4.69, 9.17) is 38.5 Å². The lowest BCUT2D eigenvalue weighted by atomic mass is 10.1. The molecule has 2 amide bonds. The van der Waals surface area contributed by atoms with Gasteiger partial charge in [0.1, 0.15) is 31.3 Å². The van der Waals surface area contributed by atoms with Crippen LogP contribution in [0.15, 0.2) is 143 Å². The molecule has 3 heterocycles. The molecule has 0 radical (unpaired) electrons. The van der Waals surface area contributed by atoms with Gasteiger partial charge in [-0.05, 0) is 72.8 Å². The first kappa shape index (κ1) is 44.4. The minimum Gasteiger partial charge on any atom is -0.489 e. The lowest BCUT2D eigenvalue weighted by Crippen LogP contribution is -2.34. The molecule has 0 bridgehead atoms. The van der Waals surface area contributed by atoms with Crippen LogP contribution in [0.4, 0.5) is 11.4 Å². The van der Waals surface area contributed by atoms with Crippen LogP contribution in [0, 0.1) is 22.7 Å². The van der Waals surface area contributed by atoms with Gasteiger partial charge in [0.05, 0.1) is 56.9 Å². The number of carbonyl (C=O) groups excluding carboxylic acids is 2. The minimum absolute atomic E-state index is 0.0288. The zero-order valence-corrected chi connectivity index (χ0v) is 34.3. The normalized spacial score (nSPS) is 12.2. The fourth-order valence-electron chi connectivity index (χ4n) is 6.26. The van der Waals surface area contributed by atoms with Gasteiger partial charge < -0.3 is 48.8 Å². The average molecular weight is 887 g/mol. The summed E-state index contributed by atoms with van der Waals surface area (Å²) in [6, 6.07) is 36.0. The second kappa shape index (κ2) is 20.5. The van der Waals surface area contributed by atoms with Crippen LogP contribution in [-0.4, -0.2) is 70.2 Å². The van der Waals surface area contributed by atoms with Crippen LogP contribution in [0.1, 0.15) is 52.8 Å². The van der Waals surface area contributed by atoms with Crippen molar-refractivity contribution >= 4 is 35.1 Å². The third-order valence-electron chi connectivity index (χ3n) is 9.39. The summed E-state index contributed by atoms with van der Waals surface area (Å²) in [7, 11) is 0. The highest BCUT2D eigenvalue weighted by molar-refractivity contribution is 6.08. The van der Waals surface area contributed by atoms with Gasteiger partial charge in [-0.25, -0.2) is 9.59 Å². The summed E-state index contributed by atoms with van der Waals surface area (Å²) < 4.78 is 33.9. The van der Waals surface area contributed by atoms with Crippen molar-refractivity contribution < 1.29 is 57.4 Å². The Morgan fingerprint density at radius 1 is 0.682 bits per heavy atom. The van der Waals surface area contributed by atoms with Gasteiger partial charge in [0.15, 0.2) is 40.5 Å². The van der Waals surface area contributed by atoms with Gasteiger partial charge in [-0.15, -0.1) is 0 Å². The number of benzene rings is 5. The first-order valence-electron chi connectivity index (χ1n) is 19.6. The quantitative estimate of drug-likeness (QED) is 0.0751. The SMILES string of the molecule is C=CCOc1ccccc1-c1cc(C(=O)Nc2ccc(C#N)cc2C(=O)O)no1.N#Cc1ccc(NC(=O)c2cc(-c3ccccc3OCC3COc4ccccc4O3)on2)c(C(=O)O)c1. The van der Waals surface area contributed by atoms with Crippen molar-refractivity contribution in [1.29, 1.82) is 10.5 Å². The van der Waals surface area contributed by atoms with E-state index in [0.29, 0.717) is 53.1 Å². The highest BCUT2D eigenvalue weighted by Gasteiger charge is 2.24. The Hall–Kier alpha value is -9.68. The number of nitrogens with one attached hydrogen (secondary N) is 2. The molecule has 0 fully saturated rings. The van der Waals surface area contributed by atoms with Crippen LogP contribution in [0.3, 0.4) is 0 Å². The van der Waals surface area contributed by atoms with Crippen LogP contribution >= 0.6 is 0 Å². The van der Waals surface area contributed by atoms with E-state index < -0.39 is 23.8 Å². The zero-order valence-electron chi connectivity index (χ0n) is 34.3. The maximum absolute atomic E-state index is 12.8. The van der Waals surface area contributed by atoms with E-state index in [0.717, 1.165) is 0 Å². The average Bonchev–Trinajstić information content (AvgIpc) is 4.05. The van der Waals surface area contributed by atoms with E-state index in [1.54, 1.807) is 54.6 Å². The number of aromatic nitrogens is 2. The van der Waals surface area contributed by atoms with Crippen LogP contribution < -0.4 is 29.6 Å². The molecular formula is C48H34N6O12. The molecule has 4 N–H and O–H groups in total. The van der Waals surface area contributed by atoms with Crippen LogP contribution in [0.5, 0.6) is 23.0 Å². The highest BCUT2D eigenvalue weighted by Crippen LogP contribution is 2.34. The minimum atomic E-state index is -1.28. The van der Waals surface area contributed by atoms with Gasteiger partial charge in [-0.3, -0.25) is 9.59 Å². The van der Waals surface area contributed by atoms with Gasteiger partial charge in [0.25, 0.3) is 11.8 Å². The van der Waals surface area contributed by atoms with Crippen molar-refractivity contribution in [2.45, 2.75) is 6.10 Å². The van der Waals surface area contributed by atoms with E-state index in [2.05, 4.69) is 27.5 Å². The predicted molar refractivity (Wildman–Crippen MR) is 234 cm³/mol. The van der Waals surface area contributed by atoms with Gasteiger partial charge in [-0.2, -0.15) is 10.5 Å². The smallest absolute Gasteiger partial charge is 0.337 e. The number of aromatic carboxylic acids is 2. The number of hydrogen-bond donors (Lipinski definition) is 4. The third-order valence-corrected chi connectivity index (χ3v) is 9.39. The van der Waals surface area contributed by atoms with Crippen molar-refractivity contribution in [3.63, 3.8) is 0 Å². The maximum atomic E-state index is 12.8. The van der Waals surface area contributed by atoms with Crippen molar-refractivity contribution in [2.75, 3.05) is 30.5 Å². The number of carbonyl (C=O) groups is 4. The van der Waals surface area contributed by atoms with Crippen molar-refractivity contribution in [3.8, 4) is 57.8 Å². The Labute approximate surface area is 374 Å². The fraction of sp³-hybridized carbons (Fsp3) is 0.0833. The van der Waals surface area contributed by atoms with Crippen LogP contribution in [0.2, 0.25) is 0 Å². The first-order valence-corrected chi connectivity index (χ1v) is 19.6. The molecule has 5 aromatic carbocycles. The number of carboxylic acids is 2. The number of fused-ring (bicyclic) bond motifs is 1. The van der Waals surface area contributed by atoms with E-state index in [9.17, 15) is 29.4 Å². The number of ether oxygens (including phenoxy) is 4. The van der Waals surface area contributed by atoms with E-state index in [-0.39, 0.29) is 63.5 Å². The number of carboxylic acid groups (broad SMARTS) is 2. The summed E-state index contributed by atoms with van der Waals surface area (Å²) in [5, 5.41) is 49.2. The Kier molecular flexibility index (Phi) is 13.8. The molecule has 0 saturated heterocycles. The summed E-state index contributed by atoms with van der Waals surface area (Å²) in [4.78, 5) is 48.2. The Balaban J connectivity index is 0.000000203. The molecule has 328 valence electrons. The number of nitriles is 2. The van der Waals surface area contributed by atoms with Crippen LogP contribution in [-0.2, 0) is 0 Å². The second-order valence-corrected chi connectivity index (χ2v) is 13.8.